The Labute approximate surface area is 124 Å². The average molecular weight is 379 g/mol. The van der Waals surface area contributed by atoms with Crippen molar-refractivity contribution in [3.05, 3.63) is 47.6 Å². The first kappa shape index (κ1) is 15.2. The van der Waals surface area contributed by atoms with Gasteiger partial charge in [0.15, 0.2) is 0 Å². The first-order chi connectivity index (χ1) is 9.60. The van der Waals surface area contributed by atoms with Gasteiger partial charge in [0.05, 0.1) is 26.6 Å². The van der Waals surface area contributed by atoms with Gasteiger partial charge in [-0.1, -0.05) is 0 Å². The molecule has 1 aromatic heterocycles. The number of benzene rings is 1. The molecule has 112 valence electrons. The number of hydrogen-bond acceptors (Lipinski definition) is 6. The van der Waals surface area contributed by atoms with Crippen molar-refractivity contribution in [1.29, 1.82) is 0 Å². The molecular formula is C9H7BrN4O6S. The minimum absolute atomic E-state index is 0.0361. The van der Waals surface area contributed by atoms with Gasteiger partial charge >= 0.3 is 5.69 Å². The van der Waals surface area contributed by atoms with E-state index in [1.165, 1.54) is 6.07 Å². The third-order valence-corrected chi connectivity index (χ3v) is 3.57. The van der Waals surface area contributed by atoms with Crippen LogP contribution < -0.4 is 16.1 Å². The second-order valence-electron chi connectivity index (χ2n) is 4.04. The molecule has 0 saturated heterocycles. The minimum Gasteiger partial charge on any atom is -0.305 e. The highest BCUT2D eigenvalue weighted by Crippen LogP contribution is 2.27. The lowest BCUT2D eigenvalue weighted by Gasteiger charge is -2.07. The van der Waals surface area contributed by atoms with Crippen LogP contribution >= 0.6 is 15.9 Å². The van der Waals surface area contributed by atoms with Crippen molar-refractivity contribution < 1.29 is 13.3 Å². The van der Waals surface area contributed by atoms with Crippen LogP contribution in [0.1, 0.15) is 0 Å². The zero-order chi connectivity index (χ0) is 15.9. The SMILES string of the molecule is CS(=O)(=O)Nn1c(=O)[nH]c2cc(Br)c([N+](=O)[O-])cc2c1=O. The number of sulfonamides is 1. The molecule has 0 amide bonds. The van der Waals surface area contributed by atoms with Crippen molar-refractivity contribution in [2.75, 3.05) is 11.1 Å². The fraction of sp³-hybridized carbons (Fsp3) is 0.111. The number of nitro benzene ring substituents is 1. The van der Waals surface area contributed by atoms with E-state index in [0.717, 1.165) is 12.3 Å². The molecule has 1 aromatic carbocycles. The summed E-state index contributed by atoms with van der Waals surface area (Å²) in [4.78, 5) is 37.9. The number of halogens is 1. The third kappa shape index (κ3) is 2.95. The van der Waals surface area contributed by atoms with E-state index in [0.29, 0.717) is 0 Å². The average Bonchev–Trinajstić information content (AvgIpc) is 2.32. The molecule has 0 aliphatic heterocycles. The summed E-state index contributed by atoms with van der Waals surface area (Å²) in [7, 11) is -3.88. The normalized spacial score (nSPS) is 11.5. The minimum atomic E-state index is -3.88. The lowest BCUT2D eigenvalue weighted by atomic mass is 10.2. The van der Waals surface area contributed by atoms with Crippen molar-refractivity contribution in [2.45, 2.75) is 0 Å². The zero-order valence-electron chi connectivity index (χ0n) is 10.3. The Morgan fingerprint density at radius 2 is 2.00 bits per heavy atom. The molecule has 0 radical (unpaired) electrons. The molecule has 2 aromatic rings. The smallest absolute Gasteiger partial charge is 0.305 e. The van der Waals surface area contributed by atoms with Gasteiger partial charge in [-0.15, -0.1) is 0 Å². The van der Waals surface area contributed by atoms with Crippen molar-refractivity contribution in [2.24, 2.45) is 0 Å². The Hall–Kier alpha value is -2.21. The Bertz CT molecular complexity index is 976. The van der Waals surface area contributed by atoms with Gasteiger partial charge in [0.1, 0.15) is 0 Å². The van der Waals surface area contributed by atoms with E-state index in [2.05, 4.69) is 20.9 Å². The Kier molecular flexibility index (Phi) is 3.59. The highest BCUT2D eigenvalue weighted by molar-refractivity contribution is 9.10. The topological polar surface area (TPSA) is 144 Å². The maximum Gasteiger partial charge on any atom is 0.348 e. The van der Waals surface area contributed by atoms with Crippen molar-refractivity contribution in [1.82, 2.24) is 9.66 Å². The fourth-order valence-corrected chi connectivity index (χ4v) is 2.60. The molecule has 0 aliphatic carbocycles. The maximum atomic E-state index is 12.1. The van der Waals surface area contributed by atoms with E-state index in [9.17, 15) is 28.1 Å². The maximum absolute atomic E-state index is 12.1. The number of fused-ring (bicyclic) bond motifs is 1. The van der Waals surface area contributed by atoms with E-state index < -0.39 is 31.9 Å². The number of aromatic amines is 1. The molecule has 0 aliphatic rings. The van der Waals surface area contributed by atoms with Gasteiger partial charge in [0.2, 0.25) is 10.0 Å². The van der Waals surface area contributed by atoms with Crippen LogP contribution in [0.3, 0.4) is 0 Å². The number of hydrogen-bond donors (Lipinski definition) is 2. The van der Waals surface area contributed by atoms with E-state index >= 15 is 0 Å². The van der Waals surface area contributed by atoms with Gasteiger partial charge in [0.25, 0.3) is 11.2 Å². The van der Waals surface area contributed by atoms with Crippen molar-refractivity contribution >= 4 is 42.5 Å². The van der Waals surface area contributed by atoms with E-state index in [1.807, 2.05) is 0 Å². The monoisotopic (exact) mass is 378 g/mol. The van der Waals surface area contributed by atoms with E-state index in [1.54, 1.807) is 4.83 Å². The molecule has 10 nitrogen and oxygen atoms in total. The number of nitrogens with one attached hydrogen (secondary N) is 2. The zero-order valence-corrected chi connectivity index (χ0v) is 12.7. The summed E-state index contributed by atoms with van der Waals surface area (Å²) in [5.41, 5.74) is -2.39. The van der Waals surface area contributed by atoms with E-state index in [4.69, 9.17) is 0 Å². The van der Waals surface area contributed by atoms with Crippen LogP contribution in [0.15, 0.2) is 26.2 Å². The summed E-state index contributed by atoms with van der Waals surface area (Å²) >= 11 is 2.95. The first-order valence-corrected chi connectivity index (χ1v) is 7.89. The molecular weight excluding hydrogens is 372 g/mol. The summed E-state index contributed by atoms with van der Waals surface area (Å²) in [6.07, 6.45) is 0.757. The predicted molar refractivity (Wildman–Crippen MR) is 77.4 cm³/mol. The van der Waals surface area contributed by atoms with Crippen LogP contribution in [0.5, 0.6) is 0 Å². The molecule has 0 spiro atoms. The second kappa shape index (κ2) is 4.96. The molecule has 21 heavy (non-hydrogen) atoms. The highest BCUT2D eigenvalue weighted by Gasteiger charge is 2.18. The molecule has 2 N–H and O–H groups in total. The number of nitro groups is 1. The lowest BCUT2D eigenvalue weighted by Crippen LogP contribution is -2.43. The molecule has 12 heteroatoms. The van der Waals surface area contributed by atoms with Gasteiger partial charge in [-0.05, 0) is 22.0 Å². The number of aromatic nitrogens is 2. The van der Waals surface area contributed by atoms with Crippen molar-refractivity contribution in [3.63, 3.8) is 0 Å². The molecule has 0 bridgehead atoms. The summed E-state index contributed by atoms with van der Waals surface area (Å²) in [5.74, 6) is 0. The Morgan fingerprint density at radius 3 is 2.52 bits per heavy atom. The second-order valence-corrected chi connectivity index (χ2v) is 6.62. The van der Waals surface area contributed by atoms with Gasteiger partial charge in [0, 0.05) is 6.07 Å². The van der Waals surface area contributed by atoms with Gasteiger partial charge < -0.3 is 4.98 Å². The van der Waals surface area contributed by atoms with Gasteiger partial charge in [-0.25, -0.2) is 18.0 Å². The van der Waals surface area contributed by atoms with Crippen LogP contribution in [0, 0.1) is 10.1 Å². The molecule has 2 rings (SSSR count). The lowest BCUT2D eigenvalue weighted by molar-refractivity contribution is -0.385. The predicted octanol–water partition coefficient (Wildman–Crippen LogP) is -0.136. The molecule has 0 unspecified atom stereocenters. The Balaban J connectivity index is 2.88. The Morgan fingerprint density at radius 1 is 1.38 bits per heavy atom. The quantitative estimate of drug-likeness (QED) is 0.561. The molecule has 0 saturated carbocycles. The van der Waals surface area contributed by atoms with Crippen LogP contribution in [-0.2, 0) is 10.0 Å². The standard InChI is InChI=1S/C9H7BrN4O6S/c1-21(19,20)12-13-8(15)4-2-7(14(17)18)5(10)3-6(4)11-9(13)16/h2-3,12H,1H3,(H,11,16). The molecule has 0 fully saturated rings. The summed E-state index contributed by atoms with van der Waals surface area (Å²) in [6.45, 7) is 0. The van der Waals surface area contributed by atoms with Crippen molar-refractivity contribution in [3.8, 4) is 0 Å². The largest absolute Gasteiger partial charge is 0.348 e. The summed E-state index contributed by atoms with van der Waals surface area (Å²) in [5, 5.41) is 10.6. The molecule has 0 atom stereocenters. The number of H-pyrrole nitrogens is 1. The van der Waals surface area contributed by atoms with E-state index in [-0.39, 0.29) is 20.1 Å². The molecule has 1 heterocycles. The van der Waals surface area contributed by atoms with Crippen LogP contribution in [0.2, 0.25) is 0 Å². The summed E-state index contributed by atoms with van der Waals surface area (Å²) < 4.78 is 22.6. The van der Waals surface area contributed by atoms with Gasteiger partial charge in [-0.3, -0.25) is 14.9 Å². The summed E-state index contributed by atoms with van der Waals surface area (Å²) in [6, 6.07) is 2.14. The van der Waals surface area contributed by atoms with Crippen LogP contribution in [0.4, 0.5) is 5.69 Å². The number of nitrogens with zero attached hydrogens (tertiary/aromatic N) is 2. The van der Waals surface area contributed by atoms with Gasteiger partial charge in [-0.2, -0.15) is 4.68 Å². The highest BCUT2D eigenvalue weighted by atomic mass is 79.9. The number of rotatable bonds is 3. The first-order valence-electron chi connectivity index (χ1n) is 5.21. The van der Waals surface area contributed by atoms with Crippen LogP contribution in [-0.4, -0.2) is 29.3 Å². The third-order valence-electron chi connectivity index (χ3n) is 2.42. The fourth-order valence-electron chi connectivity index (χ4n) is 1.61. The van der Waals surface area contributed by atoms with Crippen LogP contribution in [0.25, 0.3) is 10.9 Å².